The number of anilines is 1. The molecule has 0 amide bonds. The van der Waals surface area contributed by atoms with E-state index in [0.29, 0.717) is 6.07 Å². The van der Waals surface area contributed by atoms with Crippen LogP contribution in [0.1, 0.15) is 17.1 Å². The molecule has 28 heavy (non-hydrogen) atoms. The van der Waals surface area contributed by atoms with Gasteiger partial charge in [0, 0.05) is 6.20 Å². The number of nitrogens with zero attached hydrogens (tertiary/aromatic N) is 5. The van der Waals surface area contributed by atoms with E-state index in [1.807, 2.05) is 0 Å². The van der Waals surface area contributed by atoms with Crippen molar-refractivity contribution in [1.29, 1.82) is 0 Å². The summed E-state index contributed by atoms with van der Waals surface area (Å²) in [4.78, 5) is 8.69. The van der Waals surface area contributed by atoms with Crippen molar-refractivity contribution in [3.05, 3.63) is 35.4 Å². The molecular formula is C13H5F9N6. The number of rotatable bonds is 1. The highest BCUT2D eigenvalue weighted by Gasteiger charge is 2.43. The number of alkyl halides is 9. The van der Waals surface area contributed by atoms with Gasteiger partial charge in [0.1, 0.15) is 11.4 Å². The van der Waals surface area contributed by atoms with E-state index in [1.54, 1.807) is 0 Å². The normalized spacial score (nSPS) is 13.3. The molecule has 2 N–H and O–H groups in total. The maximum atomic E-state index is 13.2. The molecule has 0 saturated heterocycles. The summed E-state index contributed by atoms with van der Waals surface area (Å²) in [5, 5.41) is 2.10. The second-order valence-electron chi connectivity index (χ2n) is 5.26. The summed E-state index contributed by atoms with van der Waals surface area (Å²) < 4.78 is 118. The molecule has 150 valence electrons. The van der Waals surface area contributed by atoms with Crippen LogP contribution in [0.15, 0.2) is 18.3 Å². The first-order chi connectivity index (χ1) is 12.7. The molecule has 0 unspecified atom stereocenters. The molecule has 0 spiro atoms. The minimum absolute atomic E-state index is 0.136. The number of fused-ring (bicyclic) bond motifs is 1. The molecular weight excluding hydrogens is 411 g/mol. The summed E-state index contributed by atoms with van der Waals surface area (Å²) in [6.07, 6.45) is -14.9. The number of halogens is 9. The Morgan fingerprint density at radius 3 is 2.04 bits per heavy atom. The standard InChI is InChI=1S/C13H5F9N6/c14-11(15,16)4-2-1-3-24-9(4)28-7(23)5-6(12(17,18)19)25-10(13(20,21)22)26-8(5)27-28/h1-3H,23H2. The van der Waals surface area contributed by atoms with E-state index in [2.05, 4.69) is 20.1 Å². The van der Waals surface area contributed by atoms with E-state index >= 15 is 0 Å². The molecule has 3 heterocycles. The Morgan fingerprint density at radius 2 is 1.50 bits per heavy atom. The Labute approximate surface area is 147 Å². The first kappa shape index (κ1) is 19.6. The Morgan fingerprint density at radius 1 is 0.857 bits per heavy atom. The summed E-state index contributed by atoms with van der Waals surface area (Å²) in [7, 11) is 0. The van der Waals surface area contributed by atoms with Crippen molar-refractivity contribution in [1.82, 2.24) is 24.7 Å². The molecule has 0 aromatic carbocycles. The lowest BCUT2D eigenvalue weighted by Gasteiger charge is -2.12. The third-order valence-corrected chi connectivity index (χ3v) is 3.38. The van der Waals surface area contributed by atoms with Crippen LogP contribution < -0.4 is 5.73 Å². The summed E-state index contributed by atoms with van der Waals surface area (Å²) in [5.41, 5.74) is 0.774. The predicted octanol–water partition coefficient (Wildman–Crippen LogP) is 3.85. The number of nitrogens with two attached hydrogens (primary N) is 1. The number of hydrogen-bond donors (Lipinski definition) is 1. The molecule has 3 rings (SSSR count). The van der Waals surface area contributed by atoms with Gasteiger partial charge in [-0.3, -0.25) is 0 Å². The summed E-state index contributed by atoms with van der Waals surface area (Å²) in [5.74, 6) is -4.26. The fraction of sp³-hybridized carbons (Fsp3) is 0.231. The first-order valence-corrected chi connectivity index (χ1v) is 6.94. The van der Waals surface area contributed by atoms with Gasteiger partial charge in [-0.25, -0.2) is 15.0 Å². The lowest BCUT2D eigenvalue weighted by molar-refractivity contribution is -0.151. The highest BCUT2D eigenvalue weighted by Crippen LogP contribution is 2.40. The fourth-order valence-electron chi connectivity index (χ4n) is 2.29. The minimum Gasteiger partial charge on any atom is -0.383 e. The van der Waals surface area contributed by atoms with Crippen LogP contribution in [-0.4, -0.2) is 24.7 Å². The van der Waals surface area contributed by atoms with E-state index < -0.39 is 58.3 Å². The Bertz CT molecular complexity index is 1050. The van der Waals surface area contributed by atoms with Crippen LogP contribution in [0, 0.1) is 0 Å². The summed E-state index contributed by atoms with van der Waals surface area (Å²) in [6.45, 7) is 0. The monoisotopic (exact) mass is 416 g/mol. The fourth-order valence-corrected chi connectivity index (χ4v) is 2.29. The maximum absolute atomic E-state index is 13.2. The van der Waals surface area contributed by atoms with Crippen LogP contribution in [0.25, 0.3) is 16.9 Å². The molecule has 0 aliphatic rings. The molecule has 0 radical (unpaired) electrons. The number of pyridine rings is 1. The number of nitrogen functional groups attached to an aromatic ring is 1. The molecule has 0 fully saturated rings. The maximum Gasteiger partial charge on any atom is 0.451 e. The first-order valence-electron chi connectivity index (χ1n) is 6.94. The summed E-state index contributed by atoms with van der Waals surface area (Å²) in [6, 6.07) is 1.44. The molecule has 0 bridgehead atoms. The Balaban J connectivity index is 2.40. The molecule has 0 aliphatic carbocycles. The third-order valence-electron chi connectivity index (χ3n) is 3.38. The second kappa shape index (κ2) is 5.93. The van der Waals surface area contributed by atoms with Crippen molar-refractivity contribution in [2.24, 2.45) is 0 Å². The van der Waals surface area contributed by atoms with Crippen molar-refractivity contribution in [3.63, 3.8) is 0 Å². The van der Waals surface area contributed by atoms with Gasteiger partial charge in [-0.2, -0.15) is 44.2 Å². The quantitative estimate of drug-likeness (QED) is 0.610. The molecule has 0 atom stereocenters. The van der Waals surface area contributed by atoms with Crippen LogP contribution in [0.4, 0.5) is 45.3 Å². The molecule has 3 aromatic rings. The number of hydrogen-bond acceptors (Lipinski definition) is 5. The Kier molecular flexibility index (Phi) is 4.16. The molecule has 15 heteroatoms. The van der Waals surface area contributed by atoms with Crippen LogP contribution in [0.2, 0.25) is 0 Å². The van der Waals surface area contributed by atoms with Gasteiger partial charge < -0.3 is 5.73 Å². The lowest BCUT2D eigenvalue weighted by Crippen LogP contribution is -2.17. The van der Waals surface area contributed by atoms with Crippen LogP contribution >= 0.6 is 0 Å². The minimum atomic E-state index is -5.42. The zero-order valence-electron chi connectivity index (χ0n) is 12.9. The van der Waals surface area contributed by atoms with Gasteiger partial charge in [-0.15, -0.1) is 5.10 Å². The van der Waals surface area contributed by atoms with Crippen LogP contribution in [0.5, 0.6) is 0 Å². The van der Waals surface area contributed by atoms with Crippen molar-refractivity contribution in [3.8, 4) is 5.82 Å². The average molecular weight is 416 g/mol. The zero-order chi connectivity index (χ0) is 21.1. The number of aromatic nitrogens is 5. The van der Waals surface area contributed by atoms with Crippen molar-refractivity contribution in [2.75, 3.05) is 5.73 Å². The second-order valence-corrected chi connectivity index (χ2v) is 5.26. The van der Waals surface area contributed by atoms with Gasteiger partial charge in [0.2, 0.25) is 5.82 Å². The average Bonchev–Trinajstić information content (AvgIpc) is 2.88. The highest BCUT2D eigenvalue weighted by atomic mass is 19.4. The molecule has 0 saturated carbocycles. The van der Waals surface area contributed by atoms with Gasteiger partial charge >= 0.3 is 18.5 Å². The topological polar surface area (TPSA) is 82.5 Å². The van der Waals surface area contributed by atoms with E-state index in [0.717, 1.165) is 12.3 Å². The van der Waals surface area contributed by atoms with E-state index in [1.165, 1.54) is 0 Å². The van der Waals surface area contributed by atoms with Crippen LogP contribution in [-0.2, 0) is 18.5 Å². The smallest absolute Gasteiger partial charge is 0.383 e. The SMILES string of the molecule is Nc1c2c(C(F)(F)F)nc(C(F)(F)F)nc2nn1-c1ncccc1C(F)(F)F. The van der Waals surface area contributed by atoms with Gasteiger partial charge in [0.15, 0.2) is 17.2 Å². The Hall–Kier alpha value is -3.13. The summed E-state index contributed by atoms with van der Waals surface area (Å²) >= 11 is 0. The molecule has 6 nitrogen and oxygen atoms in total. The van der Waals surface area contributed by atoms with Gasteiger partial charge in [0.05, 0.1) is 5.39 Å². The van der Waals surface area contributed by atoms with E-state index in [-0.39, 0.29) is 4.68 Å². The van der Waals surface area contributed by atoms with Crippen molar-refractivity contribution >= 4 is 16.9 Å². The predicted molar refractivity (Wildman–Crippen MR) is 73.9 cm³/mol. The molecule has 0 aliphatic heterocycles. The molecule has 3 aromatic heterocycles. The van der Waals surface area contributed by atoms with E-state index in [9.17, 15) is 39.5 Å². The van der Waals surface area contributed by atoms with E-state index in [4.69, 9.17) is 5.73 Å². The lowest BCUT2D eigenvalue weighted by atomic mass is 10.2. The van der Waals surface area contributed by atoms with Gasteiger partial charge in [-0.1, -0.05) is 0 Å². The zero-order valence-corrected chi connectivity index (χ0v) is 12.9. The third kappa shape index (κ3) is 3.27. The van der Waals surface area contributed by atoms with Crippen LogP contribution in [0.3, 0.4) is 0 Å². The highest BCUT2D eigenvalue weighted by molar-refractivity contribution is 5.90. The largest absolute Gasteiger partial charge is 0.451 e. The van der Waals surface area contributed by atoms with Gasteiger partial charge in [0.25, 0.3) is 0 Å². The van der Waals surface area contributed by atoms with Gasteiger partial charge in [-0.05, 0) is 12.1 Å². The van der Waals surface area contributed by atoms with Crippen molar-refractivity contribution < 1.29 is 39.5 Å². The van der Waals surface area contributed by atoms with Crippen molar-refractivity contribution in [2.45, 2.75) is 18.5 Å².